The lowest BCUT2D eigenvalue weighted by Crippen LogP contribution is -2.37. The third-order valence-electron chi connectivity index (χ3n) is 3.26. The van der Waals surface area contributed by atoms with Crippen LogP contribution in [0.15, 0.2) is 18.2 Å². The molecule has 1 aliphatic rings. The van der Waals surface area contributed by atoms with E-state index in [1.807, 2.05) is 0 Å². The Morgan fingerprint density at radius 3 is 2.33 bits per heavy atom. The normalized spacial score (nSPS) is 16.6. The largest absolute Gasteiger partial charge is 0.353 e. The van der Waals surface area contributed by atoms with Gasteiger partial charge >= 0.3 is 0 Å². The summed E-state index contributed by atoms with van der Waals surface area (Å²) in [4.78, 5) is 11.7. The van der Waals surface area contributed by atoms with Crippen molar-refractivity contribution in [3.05, 3.63) is 35.4 Å². The van der Waals surface area contributed by atoms with Gasteiger partial charge in [0, 0.05) is 12.1 Å². The topological polar surface area (TPSA) is 29.1 Å². The van der Waals surface area contributed by atoms with Crippen molar-refractivity contribution in [2.45, 2.75) is 44.6 Å². The molecule has 1 amide bonds. The molecular formula is C14H17F2NO. The second kappa shape index (κ2) is 5.94. The highest BCUT2D eigenvalue weighted by molar-refractivity contribution is 5.78. The number of amides is 1. The van der Waals surface area contributed by atoms with Gasteiger partial charge in [-0.05, 0) is 30.5 Å². The molecule has 0 aromatic heterocycles. The molecular weight excluding hydrogens is 236 g/mol. The number of halogens is 2. The van der Waals surface area contributed by atoms with Crippen molar-refractivity contribution in [3.8, 4) is 0 Å². The molecule has 0 unspecified atom stereocenters. The Labute approximate surface area is 105 Å². The molecule has 1 aliphatic carbocycles. The first kappa shape index (κ1) is 13.0. The molecule has 0 radical (unpaired) electrons. The van der Waals surface area contributed by atoms with Gasteiger partial charge in [0.2, 0.25) is 5.91 Å². The van der Waals surface area contributed by atoms with Gasteiger partial charge in [0.15, 0.2) is 0 Å². The number of hydrogen-bond donors (Lipinski definition) is 1. The van der Waals surface area contributed by atoms with Gasteiger partial charge in [0.1, 0.15) is 11.6 Å². The van der Waals surface area contributed by atoms with Crippen molar-refractivity contribution in [2.75, 3.05) is 0 Å². The van der Waals surface area contributed by atoms with Crippen LogP contribution < -0.4 is 5.32 Å². The van der Waals surface area contributed by atoms with Crippen LogP contribution in [0.1, 0.15) is 37.7 Å². The van der Waals surface area contributed by atoms with E-state index in [9.17, 15) is 13.6 Å². The van der Waals surface area contributed by atoms with E-state index < -0.39 is 11.6 Å². The molecule has 0 bridgehead atoms. The predicted molar refractivity (Wildman–Crippen MR) is 65.1 cm³/mol. The summed E-state index contributed by atoms with van der Waals surface area (Å²) in [6.45, 7) is 0. The summed E-state index contributed by atoms with van der Waals surface area (Å²) >= 11 is 0. The minimum atomic E-state index is -0.643. The van der Waals surface area contributed by atoms with Gasteiger partial charge in [-0.2, -0.15) is 0 Å². The lowest BCUT2D eigenvalue weighted by atomic mass is 9.95. The Morgan fingerprint density at radius 2 is 1.72 bits per heavy atom. The standard InChI is InChI=1S/C14H17F2NO/c15-11-6-10(7-12(16)9-11)8-14(18)17-13-4-2-1-3-5-13/h6-7,9,13H,1-5,8H2,(H,17,18). The van der Waals surface area contributed by atoms with Crippen molar-refractivity contribution in [1.82, 2.24) is 5.32 Å². The average Bonchev–Trinajstić information content (AvgIpc) is 2.28. The second-order valence-corrected chi connectivity index (χ2v) is 4.86. The molecule has 1 N–H and O–H groups in total. The maximum absolute atomic E-state index is 13.0. The van der Waals surface area contributed by atoms with E-state index in [0.717, 1.165) is 31.7 Å². The van der Waals surface area contributed by atoms with E-state index in [1.54, 1.807) is 0 Å². The zero-order chi connectivity index (χ0) is 13.0. The van der Waals surface area contributed by atoms with Crippen molar-refractivity contribution < 1.29 is 13.6 Å². The lowest BCUT2D eigenvalue weighted by molar-refractivity contribution is -0.121. The fourth-order valence-electron chi connectivity index (χ4n) is 2.42. The lowest BCUT2D eigenvalue weighted by Gasteiger charge is -2.22. The van der Waals surface area contributed by atoms with Gasteiger partial charge < -0.3 is 5.32 Å². The van der Waals surface area contributed by atoms with E-state index in [1.165, 1.54) is 18.6 Å². The molecule has 0 aliphatic heterocycles. The first-order chi connectivity index (χ1) is 8.63. The second-order valence-electron chi connectivity index (χ2n) is 4.86. The predicted octanol–water partition coefficient (Wildman–Crippen LogP) is 2.96. The van der Waals surface area contributed by atoms with Crippen LogP contribution in [0.25, 0.3) is 0 Å². The zero-order valence-corrected chi connectivity index (χ0v) is 10.2. The molecule has 1 fully saturated rings. The maximum atomic E-state index is 13.0. The van der Waals surface area contributed by atoms with E-state index in [-0.39, 0.29) is 18.4 Å². The van der Waals surface area contributed by atoms with Gasteiger partial charge in [0.05, 0.1) is 6.42 Å². The fourth-order valence-corrected chi connectivity index (χ4v) is 2.42. The minimum absolute atomic E-state index is 0.0329. The fraction of sp³-hybridized carbons (Fsp3) is 0.500. The third-order valence-corrected chi connectivity index (χ3v) is 3.26. The molecule has 0 heterocycles. The first-order valence-electron chi connectivity index (χ1n) is 6.38. The van der Waals surface area contributed by atoms with E-state index in [4.69, 9.17) is 0 Å². The van der Waals surface area contributed by atoms with Gasteiger partial charge in [-0.15, -0.1) is 0 Å². The highest BCUT2D eigenvalue weighted by Crippen LogP contribution is 2.17. The number of rotatable bonds is 3. The van der Waals surface area contributed by atoms with Crippen LogP contribution in [0, 0.1) is 11.6 Å². The highest BCUT2D eigenvalue weighted by Gasteiger charge is 2.16. The van der Waals surface area contributed by atoms with E-state index in [2.05, 4.69) is 5.32 Å². The zero-order valence-electron chi connectivity index (χ0n) is 10.2. The molecule has 0 atom stereocenters. The Kier molecular flexibility index (Phi) is 4.28. The Balaban J connectivity index is 1.89. The molecule has 1 saturated carbocycles. The molecule has 0 saturated heterocycles. The molecule has 0 spiro atoms. The number of nitrogens with one attached hydrogen (secondary N) is 1. The Morgan fingerprint density at radius 1 is 1.11 bits per heavy atom. The number of hydrogen-bond acceptors (Lipinski definition) is 1. The average molecular weight is 253 g/mol. The van der Waals surface area contributed by atoms with Crippen molar-refractivity contribution >= 4 is 5.91 Å². The summed E-state index contributed by atoms with van der Waals surface area (Å²) < 4.78 is 25.9. The van der Waals surface area contributed by atoms with Gasteiger partial charge in [-0.25, -0.2) is 8.78 Å². The van der Waals surface area contributed by atoms with Gasteiger partial charge in [-0.3, -0.25) is 4.79 Å². The smallest absolute Gasteiger partial charge is 0.224 e. The summed E-state index contributed by atoms with van der Waals surface area (Å²) in [5.74, 6) is -1.45. The van der Waals surface area contributed by atoms with Gasteiger partial charge in [0.25, 0.3) is 0 Å². The summed E-state index contributed by atoms with van der Waals surface area (Å²) in [6.07, 6.45) is 5.54. The van der Waals surface area contributed by atoms with Gasteiger partial charge in [-0.1, -0.05) is 19.3 Å². The van der Waals surface area contributed by atoms with E-state index >= 15 is 0 Å². The van der Waals surface area contributed by atoms with Crippen molar-refractivity contribution in [3.63, 3.8) is 0 Å². The molecule has 18 heavy (non-hydrogen) atoms. The minimum Gasteiger partial charge on any atom is -0.353 e. The van der Waals surface area contributed by atoms with Crippen LogP contribution in [-0.2, 0) is 11.2 Å². The summed E-state index contributed by atoms with van der Waals surface area (Å²) in [5.41, 5.74) is 0.376. The molecule has 2 rings (SSSR count). The number of benzene rings is 1. The molecule has 98 valence electrons. The summed E-state index contributed by atoms with van der Waals surface area (Å²) in [7, 11) is 0. The molecule has 2 nitrogen and oxygen atoms in total. The van der Waals surface area contributed by atoms with Crippen LogP contribution in [0.4, 0.5) is 8.78 Å². The van der Waals surface area contributed by atoms with Crippen LogP contribution in [-0.4, -0.2) is 11.9 Å². The monoisotopic (exact) mass is 253 g/mol. The van der Waals surface area contributed by atoms with Crippen LogP contribution in [0.5, 0.6) is 0 Å². The highest BCUT2D eigenvalue weighted by atomic mass is 19.1. The van der Waals surface area contributed by atoms with Crippen LogP contribution in [0.3, 0.4) is 0 Å². The number of carbonyl (C=O) groups excluding carboxylic acids is 1. The molecule has 1 aromatic carbocycles. The third kappa shape index (κ3) is 3.79. The SMILES string of the molecule is O=C(Cc1cc(F)cc(F)c1)NC1CCCCC1. The summed E-state index contributed by atoms with van der Waals surface area (Å²) in [5, 5.41) is 2.92. The van der Waals surface area contributed by atoms with Crippen molar-refractivity contribution in [2.24, 2.45) is 0 Å². The van der Waals surface area contributed by atoms with Crippen LogP contribution >= 0.6 is 0 Å². The molecule has 4 heteroatoms. The quantitative estimate of drug-likeness (QED) is 0.881. The molecule has 1 aromatic rings. The summed E-state index contributed by atoms with van der Waals surface area (Å²) in [6, 6.07) is 3.43. The van der Waals surface area contributed by atoms with E-state index in [0.29, 0.717) is 5.56 Å². The van der Waals surface area contributed by atoms with Crippen molar-refractivity contribution in [1.29, 1.82) is 0 Å². The van der Waals surface area contributed by atoms with Crippen LogP contribution in [0.2, 0.25) is 0 Å². The maximum Gasteiger partial charge on any atom is 0.224 e. The first-order valence-corrected chi connectivity index (χ1v) is 6.38. The Bertz CT molecular complexity index is 408. The number of carbonyl (C=O) groups is 1. The Hall–Kier alpha value is -1.45.